The maximum atomic E-state index is 11.7. The third-order valence-corrected chi connectivity index (χ3v) is 3.71. The normalized spacial score (nSPS) is 19.8. The number of nitrogens with zero attached hydrogens (tertiary/aromatic N) is 3. The Hall–Kier alpha value is -0.860. The van der Waals surface area contributed by atoms with Crippen LogP contribution in [0.5, 0.6) is 0 Å². The predicted molar refractivity (Wildman–Crippen MR) is 92.8 cm³/mol. The zero-order valence-electron chi connectivity index (χ0n) is 12.6. The molecule has 6 nitrogen and oxygen atoms in total. The Morgan fingerprint density at radius 2 is 1.76 bits per heavy atom. The lowest BCUT2D eigenvalue weighted by Gasteiger charge is -2.25. The molecule has 0 bridgehead atoms. The van der Waals surface area contributed by atoms with Crippen LogP contribution in [-0.2, 0) is 9.59 Å². The van der Waals surface area contributed by atoms with E-state index < -0.39 is 0 Å². The molecule has 120 valence electrons. The number of carbonyl (C=O) groups is 2. The summed E-state index contributed by atoms with van der Waals surface area (Å²) in [5.74, 6) is 0.798. The molecule has 21 heavy (non-hydrogen) atoms. The Bertz CT molecular complexity index is 378. The molecule has 0 aliphatic carbocycles. The monoisotopic (exact) mass is 408 g/mol. The van der Waals surface area contributed by atoms with Gasteiger partial charge < -0.3 is 10.2 Å². The molecule has 2 fully saturated rings. The number of imide groups is 1. The Kier molecular flexibility index (Phi) is 7.98. The number of rotatable bonds is 4. The van der Waals surface area contributed by atoms with E-state index in [1.54, 1.807) is 0 Å². The van der Waals surface area contributed by atoms with Gasteiger partial charge in [-0.05, 0) is 26.2 Å². The Morgan fingerprint density at radius 1 is 1.14 bits per heavy atom. The van der Waals surface area contributed by atoms with Crippen molar-refractivity contribution in [3.8, 4) is 0 Å². The van der Waals surface area contributed by atoms with E-state index in [1.165, 1.54) is 17.7 Å². The van der Waals surface area contributed by atoms with Crippen LogP contribution in [-0.4, -0.2) is 60.3 Å². The summed E-state index contributed by atoms with van der Waals surface area (Å²) in [6.07, 6.45) is 4.07. The molecule has 2 heterocycles. The highest BCUT2D eigenvalue weighted by Gasteiger charge is 2.25. The molecule has 0 aromatic heterocycles. The first kappa shape index (κ1) is 18.2. The molecule has 0 aromatic carbocycles. The van der Waals surface area contributed by atoms with Crippen LogP contribution in [0.15, 0.2) is 4.99 Å². The lowest BCUT2D eigenvalue weighted by molar-refractivity contribution is -0.147. The summed E-state index contributed by atoms with van der Waals surface area (Å²) in [7, 11) is 0. The number of piperidine rings is 1. The number of nitrogens with one attached hydrogen (secondary N) is 1. The molecule has 0 spiro atoms. The highest BCUT2D eigenvalue weighted by atomic mass is 127. The number of hydrogen-bond donors (Lipinski definition) is 1. The van der Waals surface area contributed by atoms with Crippen LogP contribution in [0.1, 0.15) is 39.0 Å². The number of halogens is 1. The van der Waals surface area contributed by atoms with Gasteiger partial charge in [-0.25, -0.2) is 0 Å². The van der Waals surface area contributed by atoms with Crippen molar-refractivity contribution in [3.63, 3.8) is 0 Å². The van der Waals surface area contributed by atoms with Crippen molar-refractivity contribution in [1.29, 1.82) is 0 Å². The Morgan fingerprint density at radius 3 is 2.33 bits per heavy atom. The second-order valence-corrected chi connectivity index (χ2v) is 5.22. The average Bonchev–Trinajstić information content (AvgIpc) is 2.95. The molecule has 2 rings (SSSR count). The van der Waals surface area contributed by atoms with Crippen molar-refractivity contribution in [3.05, 3.63) is 0 Å². The van der Waals surface area contributed by atoms with Gasteiger partial charge >= 0.3 is 0 Å². The molecule has 2 amide bonds. The van der Waals surface area contributed by atoms with Crippen LogP contribution < -0.4 is 5.32 Å². The molecular formula is C14H25IN4O2. The van der Waals surface area contributed by atoms with Crippen molar-refractivity contribution in [2.75, 3.05) is 32.7 Å². The fourth-order valence-corrected chi connectivity index (χ4v) is 2.66. The van der Waals surface area contributed by atoms with Crippen LogP contribution >= 0.6 is 24.0 Å². The second-order valence-electron chi connectivity index (χ2n) is 5.22. The maximum absolute atomic E-state index is 11.7. The molecule has 2 saturated heterocycles. The van der Waals surface area contributed by atoms with Gasteiger partial charge in [0.05, 0.1) is 6.54 Å². The predicted octanol–water partition coefficient (Wildman–Crippen LogP) is 1.20. The first-order valence-electron chi connectivity index (χ1n) is 7.59. The van der Waals surface area contributed by atoms with Crippen LogP contribution in [0.25, 0.3) is 0 Å². The maximum Gasteiger partial charge on any atom is 0.229 e. The molecule has 0 radical (unpaired) electrons. The highest BCUT2D eigenvalue weighted by molar-refractivity contribution is 14.0. The van der Waals surface area contributed by atoms with Gasteiger partial charge in [-0.15, -0.1) is 24.0 Å². The van der Waals surface area contributed by atoms with E-state index in [0.717, 1.165) is 25.6 Å². The minimum Gasteiger partial charge on any atom is -0.357 e. The first-order chi connectivity index (χ1) is 9.72. The number of likely N-dealkylation sites (tertiary alicyclic amines) is 2. The number of amides is 2. The summed E-state index contributed by atoms with van der Waals surface area (Å²) in [4.78, 5) is 31.5. The van der Waals surface area contributed by atoms with Crippen molar-refractivity contribution < 1.29 is 9.59 Å². The van der Waals surface area contributed by atoms with Crippen molar-refractivity contribution in [2.24, 2.45) is 4.99 Å². The SMILES string of the molecule is CCNC(=NCCN1C(=O)CCCC1=O)N1CCCC1.I. The molecule has 0 unspecified atom stereocenters. The van der Waals surface area contributed by atoms with E-state index in [1.807, 2.05) is 6.92 Å². The quantitative estimate of drug-likeness (QED) is 0.329. The molecular weight excluding hydrogens is 383 g/mol. The number of guanidine groups is 1. The second kappa shape index (κ2) is 9.22. The molecule has 2 aliphatic rings. The summed E-state index contributed by atoms with van der Waals surface area (Å²) in [6, 6.07) is 0. The third kappa shape index (κ3) is 5.12. The zero-order chi connectivity index (χ0) is 14.4. The topological polar surface area (TPSA) is 65.0 Å². The summed E-state index contributed by atoms with van der Waals surface area (Å²) < 4.78 is 0. The molecule has 1 N–H and O–H groups in total. The zero-order valence-corrected chi connectivity index (χ0v) is 15.0. The van der Waals surface area contributed by atoms with Gasteiger partial charge in [-0.3, -0.25) is 19.5 Å². The fraction of sp³-hybridized carbons (Fsp3) is 0.786. The minimum atomic E-state index is -0.0531. The number of carbonyl (C=O) groups excluding carboxylic acids is 2. The van der Waals surface area contributed by atoms with Gasteiger partial charge in [0.1, 0.15) is 0 Å². The van der Waals surface area contributed by atoms with E-state index in [4.69, 9.17) is 0 Å². The fourth-order valence-electron chi connectivity index (χ4n) is 2.66. The van der Waals surface area contributed by atoms with E-state index in [9.17, 15) is 9.59 Å². The summed E-state index contributed by atoms with van der Waals surface area (Å²) in [5, 5.41) is 3.27. The van der Waals surface area contributed by atoms with Gasteiger partial charge in [-0.2, -0.15) is 0 Å². The van der Waals surface area contributed by atoms with Crippen LogP contribution in [0.2, 0.25) is 0 Å². The van der Waals surface area contributed by atoms with E-state index in [2.05, 4.69) is 15.2 Å². The number of aliphatic imine (C=N–C) groups is 1. The standard InChI is InChI=1S/C14H24N4O2.HI/c1-2-15-14(17-9-3-4-10-17)16-8-11-18-12(19)6-5-7-13(18)20;/h2-11H2,1H3,(H,15,16);1H. The van der Waals surface area contributed by atoms with E-state index in [0.29, 0.717) is 32.4 Å². The summed E-state index contributed by atoms with van der Waals surface area (Å²) in [5.41, 5.74) is 0. The van der Waals surface area contributed by atoms with Crippen LogP contribution in [0.3, 0.4) is 0 Å². The summed E-state index contributed by atoms with van der Waals surface area (Å²) in [6.45, 7) is 5.83. The largest absolute Gasteiger partial charge is 0.357 e. The molecule has 7 heteroatoms. The average molecular weight is 408 g/mol. The van der Waals surface area contributed by atoms with Crippen molar-refractivity contribution in [1.82, 2.24) is 15.1 Å². The first-order valence-corrected chi connectivity index (χ1v) is 7.59. The molecule has 2 aliphatic heterocycles. The van der Waals surface area contributed by atoms with Gasteiger partial charge in [-0.1, -0.05) is 0 Å². The Balaban J connectivity index is 0.00000220. The van der Waals surface area contributed by atoms with E-state index >= 15 is 0 Å². The van der Waals surface area contributed by atoms with Crippen molar-refractivity contribution >= 4 is 41.8 Å². The van der Waals surface area contributed by atoms with Crippen LogP contribution in [0, 0.1) is 0 Å². The third-order valence-electron chi connectivity index (χ3n) is 3.71. The lowest BCUT2D eigenvalue weighted by Crippen LogP contribution is -2.43. The highest BCUT2D eigenvalue weighted by Crippen LogP contribution is 2.12. The molecule has 0 atom stereocenters. The van der Waals surface area contributed by atoms with Crippen LogP contribution in [0.4, 0.5) is 0 Å². The van der Waals surface area contributed by atoms with E-state index in [-0.39, 0.29) is 35.8 Å². The van der Waals surface area contributed by atoms with Gasteiger partial charge in [0, 0.05) is 39.0 Å². The van der Waals surface area contributed by atoms with Gasteiger partial charge in [0.2, 0.25) is 11.8 Å². The summed E-state index contributed by atoms with van der Waals surface area (Å²) >= 11 is 0. The smallest absolute Gasteiger partial charge is 0.229 e. The number of hydrogen-bond acceptors (Lipinski definition) is 3. The van der Waals surface area contributed by atoms with Gasteiger partial charge in [0.15, 0.2) is 5.96 Å². The van der Waals surface area contributed by atoms with Gasteiger partial charge in [0.25, 0.3) is 0 Å². The molecule has 0 aromatic rings. The Labute approximate surface area is 143 Å². The van der Waals surface area contributed by atoms with Crippen molar-refractivity contribution in [2.45, 2.75) is 39.0 Å². The minimum absolute atomic E-state index is 0. The molecule has 0 saturated carbocycles. The lowest BCUT2D eigenvalue weighted by atomic mass is 10.1.